The number of hydrogen-bond acceptors (Lipinski definition) is 7. The Morgan fingerprint density at radius 3 is 2.56 bits per heavy atom. The minimum atomic E-state index is -0.0371. The van der Waals surface area contributed by atoms with E-state index >= 15 is 0 Å². The molecule has 0 atom stereocenters. The molecule has 2 heterocycles. The van der Waals surface area contributed by atoms with Crippen molar-refractivity contribution in [1.82, 2.24) is 20.2 Å². The smallest absolute Gasteiger partial charge is 0.251 e. The van der Waals surface area contributed by atoms with Crippen LogP contribution in [0.15, 0.2) is 65.8 Å². The summed E-state index contributed by atoms with van der Waals surface area (Å²) >= 11 is 1.61. The van der Waals surface area contributed by atoms with E-state index in [1.807, 2.05) is 42.5 Å². The standard InChI is InChI=1S/C28H35N5O2S/c1-3-14-32(2)26-20-25(23-7-5-4-6-8-23)30-28(31-26)36-21-22-9-11-24(12-10-22)27(34)29-13-15-33-16-18-35-19-17-33/h4-12,20H,3,13-19,21H2,1-2H3,(H,29,34). The van der Waals surface area contributed by atoms with Crippen molar-refractivity contribution in [2.75, 3.05) is 57.9 Å². The summed E-state index contributed by atoms with van der Waals surface area (Å²) in [7, 11) is 2.07. The molecule has 0 unspecified atom stereocenters. The maximum atomic E-state index is 12.5. The number of benzene rings is 2. The first-order chi connectivity index (χ1) is 17.6. The molecule has 0 bridgehead atoms. The molecule has 4 rings (SSSR count). The summed E-state index contributed by atoms with van der Waals surface area (Å²) in [6.45, 7) is 7.98. The first kappa shape index (κ1) is 26.1. The molecule has 1 amide bonds. The molecule has 1 fully saturated rings. The lowest BCUT2D eigenvalue weighted by atomic mass is 10.1. The van der Waals surface area contributed by atoms with E-state index in [0.29, 0.717) is 12.1 Å². The molecule has 1 N–H and O–H groups in total. The summed E-state index contributed by atoms with van der Waals surface area (Å²) in [4.78, 5) is 26.6. The summed E-state index contributed by atoms with van der Waals surface area (Å²) in [6, 6.07) is 20.1. The van der Waals surface area contributed by atoms with Crippen LogP contribution in [-0.4, -0.2) is 73.8 Å². The highest BCUT2D eigenvalue weighted by atomic mass is 32.2. The van der Waals surface area contributed by atoms with Crippen molar-refractivity contribution >= 4 is 23.5 Å². The maximum Gasteiger partial charge on any atom is 0.251 e. The number of amides is 1. The average Bonchev–Trinajstić information content (AvgIpc) is 2.93. The molecule has 1 aliphatic heterocycles. The van der Waals surface area contributed by atoms with Crippen molar-refractivity contribution < 1.29 is 9.53 Å². The normalized spacial score (nSPS) is 13.9. The fourth-order valence-electron chi connectivity index (χ4n) is 4.03. The topological polar surface area (TPSA) is 70.6 Å². The van der Waals surface area contributed by atoms with E-state index in [-0.39, 0.29) is 5.91 Å². The fourth-order valence-corrected chi connectivity index (χ4v) is 4.84. The van der Waals surface area contributed by atoms with Crippen LogP contribution in [0.3, 0.4) is 0 Å². The van der Waals surface area contributed by atoms with Crippen LogP contribution in [-0.2, 0) is 10.5 Å². The number of morpholine rings is 1. The minimum Gasteiger partial charge on any atom is -0.379 e. The van der Waals surface area contributed by atoms with Gasteiger partial charge in [-0.2, -0.15) is 0 Å². The lowest BCUT2D eigenvalue weighted by molar-refractivity contribution is 0.0383. The van der Waals surface area contributed by atoms with Crippen LogP contribution < -0.4 is 10.2 Å². The number of nitrogens with zero attached hydrogens (tertiary/aromatic N) is 4. The quantitative estimate of drug-likeness (QED) is 0.307. The van der Waals surface area contributed by atoms with Gasteiger partial charge >= 0.3 is 0 Å². The second-order valence-electron chi connectivity index (χ2n) is 8.88. The van der Waals surface area contributed by atoms with Gasteiger partial charge in [-0.05, 0) is 24.1 Å². The molecule has 1 saturated heterocycles. The largest absolute Gasteiger partial charge is 0.379 e. The Bertz CT molecular complexity index is 1100. The van der Waals surface area contributed by atoms with Gasteiger partial charge in [0.05, 0.1) is 18.9 Å². The molecule has 0 spiro atoms. The number of thioether (sulfide) groups is 1. The van der Waals surface area contributed by atoms with Crippen LogP contribution in [0.4, 0.5) is 5.82 Å². The summed E-state index contributed by atoms with van der Waals surface area (Å²) in [5.74, 6) is 1.62. The highest BCUT2D eigenvalue weighted by Gasteiger charge is 2.13. The summed E-state index contributed by atoms with van der Waals surface area (Å²) < 4.78 is 5.37. The molecule has 0 saturated carbocycles. The monoisotopic (exact) mass is 505 g/mol. The van der Waals surface area contributed by atoms with Crippen LogP contribution in [0.2, 0.25) is 0 Å². The van der Waals surface area contributed by atoms with Gasteiger partial charge in [-0.3, -0.25) is 9.69 Å². The van der Waals surface area contributed by atoms with E-state index in [9.17, 15) is 4.79 Å². The number of ether oxygens (including phenoxy) is 1. The lowest BCUT2D eigenvalue weighted by Crippen LogP contribution is -2.41. The number of nitrogens with one attached hydrogen (secondary N) is 1. The average molecular weight is 506 g/mol. The zero-order valence-electron chi connectivity index (χ0n) is 21.2. The van der Waals surface area contributed by atoms with Gasteiger partial charge in [-0.25, -0.2) is 9.97 Å². The van der Waals surface area contributed by atoms with E-state index in [0.717, 1.165) is 79.4 Å². The zero-order chi connectivity index (χ0) is 25.2. The molecule has 8 heteroatoms. The number of hydrogen-bond donors (Lipinski definition) is 1. The molecule has 190 valence electrons. The first-order valence-electron chi connectivity index (χ1n) is 12.6. The predicted octanol–water partition coefficient (Wildman–Crippen LogP) is 4.34. The number of carbonyl (C=O) groups is 1. The van der Waals surface area contributed by atoms with Gasteiger partial charge in [-0.1, -0.05) is 61.2 Å². The molecular weight excluding hydrogens is 470 g/mol. The van der Waals surface area contributed by atoms with Gasteiger partial charge in [0.2, 0.25) is 0 Å². The van der Waals surface area contributed by atoms with E-state index in [1.165, 1.54) is 0 Å². The Kier molecular flexibility index (Phi) is 9.72. The van der Waals surface area contributed by atoms with Gasteiger partial charge in [-0.15, -0.1) is 0 Å². The fraction of sp³-hybridized carbons (Fsp3) is 0.393. The zero-order valence-corrected chi connectivity index (χ0v) is 22.0. The second-order valence-corrected chi connectivity index (χ2v) is 9.82. The predicted molar refractivity (Wildman–Crippen MR) is 147 cm³/mol. The Morgan fingerprint density at radius 2 is 1.83 bits per heavy atom. The first-order valence-corrected chi connectivity index (χ1v) is 13.6. The summed E-state index contributed by atoms with van der Waals surface area (Å²) in [6.07, 6.45) is 1.05. The summed E-state index contributed by atoms with van der Waals surface area (Å²) in [5, 5.41) is 3.77. The highest BCUT2D eigenvalue weighted by molar-refractivity contribution is 7.98. The molecular formula is C28H35N5O2S. The Hall–Kier alpha value is -2.94. The van der Waals surface area contributed by atoms with Gasteiger partial charge < -0.3 is 15.0 Å². The van der Waals surface area contributed by atoms with Crippen LogP contribution in [0.25, 0.3) is 11.3 Å². The molecule has 7 nitrogen and oxygen atoms in total. The maximum absolute atomic E-state index is 12.5. The third-order valence-corrected chi connectivity index (χ3v) is 7.03. The minimum absolute atomic E-state index is 0.0371. The number of rotatable bonds is 11. The molecule has 36 heavy (non-hydrogen) atoms. The molecule has 1 aliphatic rings. The number of aromatic nitrogens is 2. The van der Waals surface area contributed by atoms with Crippen LogP contribution in [0.1, 0.15) is 29.3 Å². The van der Waals surface area contributed by atoms with Crippen LogP contribution in [0, 0.1) is 0 Å². The van der Waals surface area contributed by atoms with Gasteiger partial charge in [0.1, 0.15) is 5.82 Å². The van der Waals surface area contributed by atoms with Crippen molar-refractivity contribution in [1.29, 1.82) is 0 Å². The molecule has 0 aliphatic carbocycles. The second kappa shape index (κ2) is 13.4. The van der Waals surface area contributed by atoms with Crippen LogP contribution in [0.5, 0.6) is 0 Å². The third kappa shape index (κ3) is 7.53. The Morgan fingerprint density at radius 1 is 1.08 bits per heavy atom. The lowest BCUT2D eigenvalue weighted by Gasteiger charge is -2.26. The van der Waals surface area contributed by atoms with E-state index in [2.05, 4.69) is 47.3 Å². The summed E-state index contributed by atoms with van der Waals surface area (Å²) in [5.41, 5.74) is 3.81. The Balaban J connectivity index is 1.36. The van der Waals surface area contributed by atoms with E-state index in [1.54, 1.807) is 11.8 Å². The van der Waals surface area contributed by atoms with Crippen molar-refractivity contribution in [3.05, 3.63) is 71.8 Å². The van der Waals surface area contributed by atoms with Gasteiger partial charge in [0.25, 0.3) is 5.91 Å². The molecule has 2 aromatic carbocycles. The van der Waals surface area contributed by atoms with Crippen LogP contribution >= 0.6 is 11.8 Å². The SMILES string of the molecule is CCCN(C)c1cc(-c2ccccc2)nc(SCc2ccc(C(=O)NCCN3CCOCC3)cc2)n1. The van der Waals surface area contributed by atoms with Gasteiger partial charge in [0, 0.05) is 62.7 Å². The molecule has 1 aromatic heterocycles. The molecule has 3 aromatic rings. The third-order valence-electron chi connectivity index (χ3n) is 6.11. The van der Waals surface area contributed by atoms with Crippen molar-refractivity contribution in [2.45, 2.75) is 24.3 Å². The number of carbonyl (C=O) groups excluding carboxylic acids is 1. The van der Waals surface area contributed by atoms with Gasteiger partial charge in [0.15, 0.2) is 5.16 Å². The van der Waals surface area contributed by atoms with Crippen molar-refractivity contribution in [3.63, 3.8) is 0 Å². The molecule has 0 radical (unpaired) electrons. The van der Waals surface area contributed by atoms with E-state index in [4.69, 9.17) is 14.7 Å². The highest BCUT2D eigenvalue weighted by Crippen LogP contribution is 2.27. The Labute approximate surface area is 218 Å². The van der Waals surface area contributed by atoms with Crippen molar-refractivity contribution in [3.8, 4) is 11.3 Å². The van der Waals surface area contributed by atoms with Crippen molar-refractivity contribution in [2.24, 2.45) is 0 Å². The number of anilines is 1. The van der Waals surface area contributed by atoms with E-state index < -0.39 is 0 Å².